The topological polar surface area (TPSA) is 95.9 Å². The van der Waals surface area contributed by atoms with E-state index < -0.39 is 12.1 Å². The van der Waals surface area contributed by atoms with E-state index in [1.165, 1.54) is 263 Å². The summed E-state index contributed by atoms with van der Waals surface area (Å²) in [5.41, 5.74) is 0. The average molecular weight is 973 g/mol. The molecular weight excluding hydrogens is 851 g/mol. The monoisotopic (exact) mass is 972 g/mol. The second-order valence-corrected chi connectivity index (χ2v) is 21.4. The SMILES string of the molecule is CCCCCCCCCCCCCCCCCCC/C=C/C(O)C(CO)NC(=O)CCCCCCCCC/C=C\CCCCCCCCCCOC(=O)CCCCCCCCCCCCCCCC. The highest BCUT2D eigenvalue weighted by Crippen LogP contribution is 2.17. The van der Waals surface area contributed by atoms with Crippen molar-refractivity contribution in [3.63, 3.8) is 0 Å². The fourth-order valence-electron chi connectivity index (χ4n) is 9.69. The second kappa shape index (κ2) is 58.9. The first-order valence-electron chi connectivity index (χ1n) is 31.1. The van der Waals surface area contributed by atoms with Gasteiger partial charge in [0.25, 0.3) is 0 Å². The van der Waals surface area contributed by atoms with Crippen molar-refractivity contribution >= 4 is 11.9 Å². The van der Waals surface area contributed by atoms with Crippen molar-refractivity contribution in [1.29, 1.82) is 0 Å². The summed E-state index contributed by atoms with van der Waals surface area (Å²) < 4.78 is 5.48. The van der Waals surface area contributed by atoms with Gasteiger partial charge in [-0.15, -0.1) is 0 Å². The molecule has 0 aromatic rings. The summed E-state index contributed by atoms with van der Waals surface area (Å²) >= 11 is 0. The van der Waals surface area contributed by atoms with E-state index >= 15 is 0 Å². The van der Waals surface area contributed by atoms with E-state index in [4.69, 9.17) is 4.74 Å². The predicted molar refractivity (Wildman–Crippen MR) is 301 cm³/mol. The molecule has 69 heavy (non-hydrogen) atoms. The lowest BCUT2D eigenvalue weighted by molar-refractivity contribution is -0.143. The van der Waals surface area contributed by atoms with Gasteiger partial charge in [-0.3, -0.25) is 9.59 Å². The number of allylic oxidation sites excluding steroid dienone is 3. The Morgan fingerprint density at radius 2 is 0.681 bits per heavy atom. The zero-order valence-electron chi connectivity index (χ0n) is 46.6. The lowest BCUT2D eigenvalue weighted by atomic mass is 10.0. The smallest absolute Gasteiger partial charge is 0.305 e. The van der Waals surface area contributed by atoms with Crippen LogP contribution in [0.2, 0.25) is 0 Å². The summed E-state index contributed by atoms with van der Waals surface area (Å²) in [4.78, 5) is 24.5. The molecule has 0 aliphatic rings. The van der Waals surface area contributed by atoms with Crippen molar-refractivity contribution in [2.24, 2.45) is 0 Å². The molecule has 0 aliphatic carbocycles. The number of aliphatic hydroxyl groups is 2. The van der Waals surface area contributed by atoms with Crippen molar-refractivity contribution < 1.29 is 24.5 Å². The Bertz CT molecular complexity index is 1080. The lowest BCUT2D eigenvalue weighted by Gasteiger charge is -2.20. The summed E-state index contributed by atoms with van der Waals surface area (Å²) in [6.45, 7) is 4.92. The molecule has 3 N–H and O–H groups in total. The largest absolute Gasteiger partial charge is 0.466 e. The van der Waals surface area contributed by atoms with E-state index in [1.54, 1.807) is 6.08 Å². The molecule has 1 amide bonds. The Hall–Kier alpha value is -1.66. The minimum atomic E-state index is -0.851. The highest BCUT2D eigenvalue weighted by atomic mass is 16.5. The maximum atomic E-state index is 12.5. The van der Waals surface area contributed by atoms with Crippen LogP contribution in [0.5, 0.6) is 0 Å². The van der Waals surface area contributed by atoms with Crippen molar-refractivity contribution in [3.8, 4) is 0 Å². The van der Waals surface area contributed by atoms with Crippen molar-refractivity contribution in [1.82, 2.24) is 5.32 Å². The van der Waals surface area contributed by atoms with Gasteiger partial charge in [-0.2, -0.15) is 0 Å². The third-order valence-corrected chi connectivity index (χ3v) is 14.5. The maximum Gasteiger partial charge on any atom is 0.305 e. The van der Waals surface area contributed by atoms with Crippen molar-refractivity contribution in [3.05, 3.63) is 24.3 Å². The fraction of sp³-hybridized carbons (Fsp3) is 0.905. The number of carbonyl (C=O) groups is 2. The van der Waals surface area contributed by atoms with Gasteiger partial charge in [0.15, 0.2) is 0 Å². The number of nitrogens with one attached hydrogen (secondary N) is 1. The van der Waals surface area contributed by atoms with Crippen LogP contribution in [0.25, 0.3) is 0 Å². The Balaban J connectivity index is 3.46. The number of aliphatic hydroxyl groups excluding tert-OH is 2. The van der Waals surface area contributed by atoms with E-state index in [-0.39, 0.29) is 18.5 Å². The molecule has 0 spiro atoms. The highest BCUT2D eigenvalue weighted by Gasteiger charge is 2.18. The summed E-state index contributed by atoms with van der Waals surface area (Å²) in [6, 6.07) is -0.635. The van der Waals surface area contributed by atoms with Gasteiger partial charge in [-0.05, 0) is 57.8 Å². The lowest BCUT2D eigenvalue weighted by Crippen LogP contribution is -2.45. The molecule has 0 saturated heterocycles. The molecule has 0 aromatic heterocycles. The van der Waals surface area contributed by atoms with Gasteiger partial charge in [-0.1, -0.05) is 295 Å². The van der Waals surface area contributed by atoms with Crippen LogP contribution in [0.15, 0.2) is 24.3 Å². The first kappa shape index (κ1) is 67.3. The van der Waals surface area contributed by atoms with Gasteiger partial charge in [-0.25, -0.2) is 0 Å². The minimum Gasteiger partial charge on any atom is -0.466 e. The maximum absolute atomic E-state index is 12.5. The molecule has 2 unspecified atom stereocenters. The third kappa shape index (κ3) is 55.5. The van der Waals surface area contributed by atoms with Crippen LogP contribution >= 0.6 is 0 Å². The Morgan fingerprint density at radius 3 is 1.03 bits per heavy atom. The molecule has 0 bridgehead atoms. The zero-order chi connectivity index (χ0) is 50.0. The average Bonchev–Trinajstić information content (AvgIpc) is 3.35. The third-order valence-electron chi connectivity index (χ3n) is 14.5. The van der Waals surface area contributed by atoms with Gasteiger partial charge in [0.2, 0.25) is 5.91 Å². The zero-order valence-corrected chi connectivity index (χ0v) is 46.6. The van der Waals surface area contributed by atoms with Gasteiger partial charge >= 0.3 is 5.97 Å². The molecule has 0 saturated carbocycles. The molecule has 6 nitrogen and oxygen atoms in total. The van der Waals surface area contributed by atoms with E-state index in [2.05, 4.69) is 31.3 Å². The number of hydrogen-bond acceptors (Lipinski definition) is 5. The summed E-state index contributed by atoms with van der Waals surface area (Å²) in [6.07, 6.45) is 72.1. The Kier molecular flexibility index (Phi) is 57.5. The molecule has 0 rings (SSSR count). The van der Waals surface area contributed by atoms with E-state index in [9.17, 15) is 19.8 Å². The number of ether oxygens (including phenoxy) is 1. The molecule has 2 atom stereocenters. The minimum absolute atomic E-state index is 0.00589. The standard InChI is InChI=1S/C63H121NO5/c1-3-5-7-9-11-13-15-17-19-20-22-25-28-31-35-39-43-47-51-55-61(66)60(59-65)64-62(67)56-52-48-44-40-36-32-29-26-23-21-24-27-30-34-38-42-46-50-54-58-69-63(68)57-53-49-45-41-37-33-18-16-14-12-10-8-6-4-2/h21,23,51,55,60-61,65-66H,3-20,22,24-50,52-54,56-59H2,1-2H3,(H,64,67)/b23-21-,55-51+. The van der Waals surface area contributed by atoms with Crippen LogP contribution in [0.1, 0.15) is 341 Å². The quantitative estimate of drug-likeness (QED) is 0.0321. The highest BCUT2D eigenvalue weighted by molar-refractivity contribution is 5.76. The Morgan fingerprint density at radius 1 is 0.391 bits per heavy atom. The molecule has 0 radical (unpaired) electrons. The molecule has 0 aliphatic heterocycles. The van der Waals surface area contributed by atoms with Crippen LogP contribution < -0.4 is 5.32 Å². The number of rotatable bonds is 58. The predicted octanol–water partition coefficient (Wildman–Crippen LogP) is 19.4. The van der Waals surface area contributed by atoms with Gasteiger partial charge < -0.3 is 20.3 Å². The number of amides is 1. The Labute approximate surface area is 431 Å². The second-order valence-electron chi connectivity index (χ2n) is 21.4. The van der Waals surface area contributed by atoms with Crippen molar-refractivity contribution in [2.75, 3.05) is 13.2 Å². The summed E-state index contributed by atoms with van der Waals surface area (Å²) in [7, 11) is 0. The van der Waals surface area contributed by atoms with E-state index in [1.807, 2.05) is 6.08 Å². The first-order valence-corrected chi connectivity index (χ1v) is 31.1. The molecule has 0 aromatic carbocycles. The molecular formula is C63H121NO5. The van der Waals surface area contributed by atoms with Crippen LogP contribution in [0, 0.1) is 0 Å². The van der Waals surface area contributed by atoms with Crippen LogP contribution in [0.3, 0.4) is 0 Å². The number of hydrogen-bond donors (Lipinski definition) is 3. The summed E-state index contributed by atoms with van der Waals surface area (Å²) in [5, 5.41) is 23.2. The first-order chi connectivity index (χ1) is 34.0. The van der Waals surface area contributed by atoms with Gasteiger partial charge in [0.05, 0.1) is 25.4 Å². The van der Waals surface area contributed by atoms with Gasteiger partial charge in [0, 0.05) is 12.8 Å². The number of unbranched alkanes of at least 4 members (excludes halogenated alkanes) is 45. The normalized spacial score (nSPS) is 12.7. The summed E-state index contributed by atoms with van der Waals surface area (Å²) in [5.74, 6) is -0.0690. The van der Waals surface area contributed by atoms with Crippen molar-refractivity contribution in [2.45, 2.75) is 353 Å². The van der Waals surface area contributed by atoms with Crippen LogP contribution in [0.4, 0.5) is 0 Å². The van der Waals surface area contributed by atoms with E-state index in [0.717, 1.165) is 51.4 Å². The fourth-order valence-corrected chi connectivity index (χ4v) is 9.69. The van der Waals surface area contributed by atoms with Gasteiger partial charge in [0.1, 0.15) is 0 Å². The molecule has 0 heterocycles. The molecule has 0 fully saturated rings. The number of esters is 1. The number of carbonyl (C=O) groups excluding carboxylic acids is 2. The van der Waals surface area contributed by atoms with Crippen LogP contribution in [-0.2, 0) is 14.3 Å². The van der Waals surface area contributed by atoms with Crippen LogP contribution in [-0.4, -0.2) is 47.4 Å². The molecule has 6 heteroatoms. The van der Waals surface area contributed by atoms with E-state index in [0.29, 0.717) is 19.4 Å². The molecule has 408 valence electrons.